The van der Waals surface area contributed by atoms with Crippen LogP contribution < -0.4 is 21.6 Å². The highest BCUT2D eigenvalue weighted by molar-refractivity contribution is 5.98. The van der Waals surface area contributed by atoms with Crippen LogP contribution in [0.2, 0.25) is 0 Å². The van der Waals surface area contributed by atoms with E-state index in [0.717, 1.165) is 0 Å². The minimum absolute atomic E-state index is 0. The van der Waals surface area contributed by atoms with Crippen molar-refractivity contribution < 1.29 is 39.8 Å². The average molecular weight is 539 g/mol. The van der Waals surface area contributed by atoms with E-state index in [0.29, 0.717) is 11.1 Å². The SMILES string of the molecule is C.C[C@@H](O)[C@H](NC(=O)c1ccc(C#CC#Cc2ccc(C(=O)N[C@H](C(=O)NO)[C@@H](C)O)cc2)cc1)C(=O)NO. The van der Waals surface area contributed by atoms with E-state index in [9.17, 15) is 29.4 Å². The van der Waals surface area contributed by atoms with Gasteiger partial charge in [-0.2, -0.15) is 0 Å². The Bertz CT molecular complexity index is 1180. The standard InChI is InChI=1S/C26H26N4O8.CH4/c1-15(31)21(25(35)29-37)27-23(33)19-11-7-17(8-12-19)5-3-4-6-18-9-13-20(14-10-18)24(34)28-22(16(2)32)26(36)30-38;/h7-16,21-22,31-32,37-38H,1-2H3,(H,27,33)(H,28,34)(H,29,35)(H,30,36);1H4/t15-,16-,21+,22+;/m1./s1. The first-order valence-corrected chi connectivity index (χ1v) is 11.1. The van der Waals surface area contributed by atoms with Gasteiger partial charge in [-0.15, -0.1) is 0 Å². The number of hydrogen-bond donors (Lipinski definition) is 8. The van der Waals surface area contributed by atoms with Crippen molar-refractivity contribution in [3.63, 3.8) is 0 Å². The molecule has 206 valence electrons. The molecular formula is C27H30N4O8. The number of nitrogens with one attached hydrogen (secondary N) is 4. The molecule has 12 nitrogen and oxygen atoms in total. The molecule has 8 N–H and O–H groups in total. The fourth-order valence-corrected chi connectivity index (χ4v) is 3.02. The Morgan fingerprint density at radius 2 is 0.949 bits per heavy atom. The van der Waals surface area contributed by atoms with E-state index in [4.69, 9.17) is 10.4 Å². The Kier molecular flexibility index (Phi) is 12.9. The molecule has 0 bridgehead atoms. The van der Waals surface area contributed by atoms with E-state index in [1.807, 2.05) is 0 Å². The number of carbonyl (C=O) groups is 4. The van der Waals surface area contributed by atoms with Gasteiger partial charge < -0.3 is 20.8 Å². The summed E-state index contributed by atoms with van der Waals surface area (Å²) >= 11 is 0. The van der Waals surface area contributed by atoms with Gasteiger partial charge in [-0.05, 0) is 74.2 Å². The topological polar surface area (TPSA) is 197 Å². The van der Waals surface area contributed by atoms with E-state index in [2.05, 4.69) is 34.3 Å². The number of hydroxylamine groups is 2. The second-order valence-corrected chi connectivity index (χ2v) is 7.99. The number of amides is 4. The van der Waals surface area contributed by atoms with Crippen molar-refractivity contribution in [1.82, 2.24) is 21.6 Å². The third kappa shape index (κ3) is 9.59. The van der Waals surface area contributed by atoms with Crippen LogP contribution in [0.3, 0.4) is 0 Å². The Morgan fingerprint density at radius 3 is 1.21 bits per heavy atom. The highest BCUT2D eigenvalue weighted by Crippen LogP contribution is 2.06. The molecule has 0 aliphatic heterocycles. The largest absolute Gasteiger partial charge is 0.391 e. The lowest BCUT2D eigenvalue weighted by Gasteiger charge is -2.19. The first-order valence-electron chi connectivity index (χ1n) is 11.1. The van der Waals surface area contributed by atoms with Crippen LogP contribution in [0.5, 0.6) is 0 Å². The smallest absolute Gasteiger partial charge is 0.268 e. The third-order valence-electron chi connectivity index (χ3n) is 5.09. The summed E-state index contributed by atoms with van der Waals surface area (Å²) in [6, 6.07) is 9.49. The number of aliphatic hydroxyl groups is 2. The summed E-state index contributed by atoms with van der Waals surface area (Å²) < 4.78 is 0. The monoisotopic (exact) mass is 538 g/mol. The van der Waals surface area contributed by atoms with Gasteiger partial charge in [0.25, 0.3) is 23.6 Å². The molecule has 0 aliphatic carbocycles. The molecule has 2 aromatic rings. The van der Waals surface area contributed by atoms with Crippen molar-refractivity contribution in [3.05, 3.63) is 70.8 Å². The van der Waals surface area contributed by atoms with Gasteiger partial charge in [0.15, 0.2) is 0 Å². The Labute approximate surface area is 225 Å². The summed E-state index contributed by atoms with van der Waals surface area (Å²) in [5.74, 6) is 7.77. The molecule has 0 radical (unpaired) electrons. The van der Waals surface area contributed by atoms with Gasteiger partial charge in [-0.1, -0.05) is 19.3 Å². The van der Waals surface area contributed by atoms with Gasteiger partial charge in [0.2, 0.25) is 0 Å². The van der Waals surface area contributed by atoms with E-state index in [1.165, 1.54) is 49.1 Å². The molecule has 0 fully saturated rings. The highest BCUT2D eigenvalue weighted by Gasteiger charge is 2.26. The minimum atomic E-state index is -1.33. The predicted molar refractivity (Wildman–Crippen MR) is 139 cm³/mol. The fraction of sp³-hybridized carbons (Fsp3) is 0.259. The summed E-state index contributed by atoms with van der Waals surface area (Å²) in [5, 5.41) is 41.3. The van der Waals surface area contributed by atoms with Gasteiger partial charge >= 0.3 is 0 Å². The van der Waals surface area contributed by atoms with Gasteiger partial charge in [-0.3, -0.25) is 29.6 Å². The van der Waals surface area contributed by atoms with E-state index >= 15 is 0 Å². The second-order valence-electron chi connectivity index (χ2n) is 7.99. The van der Waals surface area contributed by atoms with Crippen molar-refractivity contribution in [3.8, 4) is 23.7 Å². The first kappa shape index (κ1) is 32.3. The van der Waals surface area contributed by atoms with Crippen LogP contribution in [0.1, 0.15) is 53.1 Å². The number of carbonyl (C=O) groups excluding carboxylic acids is 4. The van der Waals surface area contributed by atoms with Gasteiger partial charge in [0, 0.05) is 22.3 Å². The quantitative estimate of drug-likeness (QED) is 0.127. The van der Waals surface area contributed by atoms with Crippen molar-refractivity contribution in [1.29, 1.82) is 0 Å². The number of rotatable bonds is 8. The van der Waals surface area contributed by atoms with E-state index in [-0.39, 0.29) is 18.6 Å². The van der Waals surface area contributed by atoms with Crippen LogP contribution in [-0.4, -0.2) is 68.5 Å². The maximum absolute atomic E-state index is 12.3. The molecule has 0 saturated heterocycles. The molecular weight excluding hydrogens is 508 g/mol. The molecule has 4 atom stereocenters. The Balaban J connectivity index is 0.00000760. The lowest BCUT2D eigenvalue weighted by molar-refractivity contribution is -0.134. The third-order valence-corrected chi connectivity index (χ3v) is 5.09. The minimum Gasteiger partial charge on any atom is -0.391 e. The fourth-order valence-electron chi connectivity index (χ4n) is 3.02. The van der Waals surface area contributed by atoms with Gasteiger partial charge in [0.1, 0.15) is 12.1 Å². The molecule has 39 heavy (non-hydrogen) atoms. The zero-order chi connectivity index (χ0) is 28.2. The number of benzene rings is 2. The zero-order valence-corrected chi connectivity index (χ0v) is 20.4. The summed E-state index contributed by atoms with van der Waals surface area (Å²) in [5.41, 5.74) is 4.30. The van der Waals surface area contributed by atoms with Crippen LogP contribution in [0.4, 0.5) is 0 Å². The van der Waals surface area contributed by atoms with E-state index in [1.54, 1.807) is 24.3 Å². The number of hydrogen-bond acceptors (Lipinski definition) is 8. The van der Waals surface area contributed by atoms with Crippen molar-refractivity contribution in [2.24, 2.45) is 0 Å². The molecule has 2 aromatic carbocycles. The molecule has 0 saturated carbocycles. The predicted octanol–water partition coefficient (Wildman–Crippen LogP) is -0.305. The van der Waals surface area contributed by atoms with Crippen LogP contribution in [0.15, 0.2) is 48.5 Å². The molecule has 12 heteroatoms. The molecule has 4 amide bonds. The van der Waals surface area contributed by atoms with Crippen LogP contribution in [-0.2, 0) is 9.59 Å². The molecule has 0 heterocycles. The lowest BCUT2D eigenvalue weighted by atomic mass is 10.1. The van der Waals surface area contributed by atoms with Crippen molar-refractivity contribution in [2.45, 2.75) is 45.6 Å². The summed E-state index contributed by atoms with van der Waals surface area (Å²) in [6.45, 7) is 2.58. The Hall–Kier alpha value is -4.72. The zero-order valence-electron chi connectivity index (χ0n) is 20.4. The van der Waals surface area contributed by atoms with Crippen LogP contribution in [0, 0.1) is 23.7 Å². The average Bonchev–Trinajstić information content (AvgIpc) is 2.91. The molecule has 0 spiro atoms. The summed E-state index contributed by atoms with van der Waals surface area (Å²) in [4.78, 5) is 47.7. The van der Waals surface area contributed by atoms with Crippen LogP contribution >= 0.6 is 0 Å². The molecule has 0 aliphatic rings. The van der Waals surface area contributed by atoms with Gasteiger partial charge in [-0.25, -0.2) is 11.0 Å². The first-order chi connectivity index (χ1) is 18.1. The molecule has 2 rings (SSSR count). The molecule has 0 unspecified atom stereocenters. The lowest BCUT2D eigenvalue weighted by Crippen LogP contribution is -2.51. The highest BCUT2D eigenvalue weighted by atomic mass is 16.5. The maximum Gasteiger partial charge on any atom is 0.268 e. The van der Waals surface area contributed by atoms with E-state index < -0.39 is 47.9 Å². The summed E-state index contributed by atoms with van der Waals surface area (Å²) in [6.07, 6.45) is -2.46. The van der Waals surface area contributed by atoms with Crippen LogP contribution in [0.25, 0.3) is 0 Å². The second kappa shape index (κ2) is 15.5. The number of aliphatic hydroxyl groups excluding tert-OH is 2. The van der Waals surface area contributed by atoms with Crippen molar-refractivity contribution in [2.75, 3.05) is 0 Å². The maximum atomic E-state index is 12.3. The van der Waals surface area contributed by atoms with Gasteiger partial charge in [0.05, 0.1) is 12.2 Å². The molecule has 0 aromatic heterocycles. The normalized spacial score (nSPS) is 12.8. The van der Waals surface area contributed by atoms with Crippen molar-refractivity contribution >= 4 is 23.6 Å². The Morgan fingerprint density at radius 1 is 0.641 bits per heavy atom. The summed E-state index contributed by atoms with van der Waals surface area (Å²) in [7, 11) is 0.